The number of benzene rings is 3. The van der Waals surface area contributed by atoms with Gasteiger partial charge in [0.25, 0.3) is 7.37 Å². The van der Waals surface area contributed by atoms with Crippen molar-refractivity contribution in [2.24, 2.45) is 0 Å². The van der Waals surface area contributed by atoms with E-state index in [0.717, 1.165) is 0 Å². The maximum Gasteiger partial charge on any atom is 0.340 e. The zero-order valence-corrected chi connectivity index (χ0v) is 35.2. The first-order valence-corrected chi connectivity index (χ1v) is 21.4. The molecule has 2 heterocycles. The summed E-state index contributed by atoms with van der Waals surface area (Å²) in [6.07, 6.45) is 0.937. The zero-order valence-electron chi connectivity index (χ0n) is 34.3. The third-order valence-corrected chi connectivity index (χ3v) is 12.7. The minimum absolute atomic E-state index is 0.0686. The number of likely N-dealkylation sites (N-methyl/N-ethyl adjacent to an activating group) is 2. The molecule has 2 aliphatic rings. The summed E-state index contributed by atoms with van der Waals surface area (Å²) in [7, 11) is -1.53. The minimum Gasteiger partial charge on any atom is -0.441 e. The molecule has 17 heteroatoms. The van der Waals surface area contributed by atoms with Crippen molar-refractivity contribution < 1.29 is 48.4 Å². The number of aliphatic hydroxyl groups is 2. The van der Waals surface area contributed by atoms with E-state index in [1.807, 2.05) is 0 Å². The molecule has 4 amide bonds. The van der Waals surface area contributed by atoms with Crippen LogP contribution in [0, 0.1) is 0 Å². The highest BCUT2D eigenvalue weighted by Crippen LogP contribution is 2.56. The molecule has 318 valence electrons. The highest BCUT2D eigenvalue weighted by molar-refractivity contribution is 7.73. The number of esters is 1. The van der Waals surface area contributed by atoms with E-state index in [2.05, 4.69) is 21.3 Å². The van der Waals surface area contributed by atoms with Gasteiger partial charge in [-0.25, -0.2) is 4.79 Å². The van der Waals surface area contributed by atoms with Crippen molar-refractivity contribution in [1.29, 1.82) is 0 Å². The fourth-order valence-corrected chi connectivity index (χ4v) is 9.77. The largest absolute Gasteiger partial charge is 0.441 e. The van der Waals surface area contributed by atoms with Gasteiger partial charge in [0.1, 0.15) is 12.5 Å². The number of fused-ring (bicyclic) bond motifs is 6. The van der Waals surface area contributed by atoms with Gasteiger partial charge in [0, 0.05) is 69.1 Å². The normalized spacial score (nSPS) is 19.6. The predicted octanol–water partition coefficient (Wildman–Crippen LogP) is 1.81. The molecule has 1 spiro atoms. The molecule has 7 N–H and O–H groups in total. The smallest absolute Gasteiger partial charge is 0.340 e. The second kappa shape index (κ2) is 19.0. The van der Waals surface area contributed by atoms with Crippen LogP contribution in [0.1, 0.15) is 93.3 Å². The number of rotatable bonds is 18. The van der Waals surface area contributed by atoms with E-state index in [-0.39, 0.29) is 50.5 Å². The molecule has 0 saturated carbocycles. The van der Waals surface area contributed by atoms with E-state index in [1.165, 1.54) is 63.7 Å². The quantitative estimate of drug-likeness (QED) is 0.0422. The van der Waals surface area contributed by atoms with Gasteiger partial charge in [-0.1, -0.05) is 30.3 Å². The van der Waals surface area contributed by atoms with Gasteiger partial charge in [0.15, 0.2) is 5.60 Å². The molecule has 0 radical (unpaired) electrons. The van der Waals surface area contributed by atoms with E-state index in [0.29, 0.717) is 57.2 Å². The summed E-state index contributed by atoms with van der Waals surface area (Å²) < 4.78 is 21.3. The van der Waals surface area contributed by atoms with Gasteiger partial charge in [0.2, 0.25) is 23.6 Å². The molecule has 2 unspecified atom stereocenters. The van der Waals surface area contributed by atoms with Gasteiger partial charge >= 0.3 is 5.97 Å². The highest BCUT2D eigenvalue weighted by atomic mass is 31.2. The summed E-state index contributed by atoms with van der Waals surface area (Å²) in [5.41, 5.74) is 0.116. The van der Waals surface area contributed by atoms with Crippen LogP contribution in [0.5, 0.6) is 0 Å². The van der Waals surface area contributed by atoms with E-state index in [9.17, 15) is 39.1 Å². The van der Waals surface area contributed by atoms with Crippen molar-refractivity contribution >= 4 is 59.0 Å². The molecular weight excluding hydrogens is 779 g/mol. The number of carbonyl (C=O) groups is 5. The lowest BCUT2D eigenvalue weighted by molar-refractivity contribution is -0.122. The van der Waals surface area contributed by atoms with E-state index in [4.69, 9.17) is 4.74 Å². The molecular formula is C42H55N6O10P. The van der Waals surface area contributed by atoms with Crippen molar-refractivity contribution in [2.75, 3.05) is 37.0 Å². The molecule has 0 fully saturated rings. The number of amides is 4. The van der Waals surface area contributed by atoms with Gasteiger partial charge in [-0.3, -0.25) is 34.4 Å². The Balaban J connectivity index is 1.54. The maximum absolute atomic E-state index is 15.0. The first-order valence-electron chi connectivity index (χ1n) is 19.8. The third kappa shape index (κ3) is 9.75. The van der Waals surface area contributed by atoms with Crippen molar-refractivity contribution in [2.45, 2.75) is 96.4 Å². The molecule has 0 bridgehead atoms. The highest BCUT2D eigenvalue weighted by Gasteiger charge is 2.56. The lowest BCUT2D eigenvalue weighted by Gasteiger charge is -2.39. The van der Waals surface area contributed by atoms with Crippen LogP contribution in [0.2, 0.25) is 0 Å². The Morgan fingerprint density at radius 3 is 1.58 bits per heavy atom. The van der Waals surface area contributed by atoms with Crippen LogP contribution in [0.15, 0.2) is 60.7 Å². The zero-order chi connectivity index (χ0) is 43.2. The summed E-state index contributed by atoms with van der Waals surface area (Å²) in [6.45, 7) is 6.70. The molecule has 4 atom stereocenters. The summed E-state index contributed by atoms with van der Waals surface area (Å²) in [5, 5.41) is 31.4. The number of hydrogen-bond acceptors (Lipinski definition) is 11. The molecule has 5 rings (SSSR count). The topological polar surface area (TPSA) is 227 Å². The van der Waals surface area contributed by atoms with Gasteiger partial charge < -0.3 is 40.3 Å². The Morgan fingerprint density at radius 1 is 0.712 bits per heavy atom. The van der Waals surface area contributed by atoms with E-state index < -0.39 is 55.3 Å². The van der Waals surface area contributed by atoms with Gasteiger partial charge in [-0.2, -0.15) is 0 Å². The Bertz CT molecular complexity index is 2010. The minimum atomic E-state index is -4.58. The molecule has 0 saturated heterocycles. The first-order chi connectivity index (χ1) is 27.9. The second-order valence-electron chi connectivity index (χ2n) is 15.1. The van der Waals surface area contributed by atoms with Crippen LogP contribution in [-0.4, -0.2) is 96.4 Å². The maximum atomic E-state index is 15.0. The monoisotopic (exact) mass is 834 g/mol. The van der Waals surface area contributed by atoms with Crippen LogP contribution >= 0.6 is 7.37 Å². The number of nitrogens with one attached hydrogen (secondary N) is 4. The fraction of sp³-hybridized carbons (Fsp3) is 0.452. The van der Waals surface area contributed by atoms with Crippen LogP contribution < -0.4 is 41.7 Å². The second-order valence-corrected chi connectivity index (χ2v) is 17.3. The van der Waals surface area contributed by atoms with Crippen molar-refractivity contribution in [3.8, 4) is 0 Å². The van der Waals surface area contributed by atoms with Crippen LogP contribution in [0.4, 0.5) is 11.4 Å². The molecule has 3 aromatic rings. The predicted molar refractivity (Wildman–Crippen MR) is 223 cm³/mol. The lowest BCUT2D eigenvalue weighted by Crippen LogP contribution is -2.49. The molecule has 59 heavy (non-hydrogen) atoms. The number of nitrogens with zero attached hydrogens (tertiary/aromatic N) is 2. The summed E-state index contributed by atoms with van der Waals surface area (Å²) in [6, 6.07) is 14.4. The molecule has 0 aliphatic carbocycles. The number of carbonyl (C=O) groups excluding carboxylic acids is 5. The van der Waals surface area contributed by atoms with Crippen LogP contribution in [0.3, 0.4) is 0 Å². The van der Waals surface area contributed by atoms with Crippen molar-refractivity contribution in [3.63, 3.8) is 0 Å². The van der Waals surface area contributed by atoms with E-state index >= 15 is 4.57 Å². The van der Waals surface area contributed by atoms with Gasteiger partial charge in [-0.15, -0.1) is 0 Å². The molecule has 3 aromatic carbocycles. The SMILES string of the molecule is CC(=O)NCCCC[C@H](NC(C)O)C(=O)N(C)c1ccc2c(c1)P(=O)(O)c1cc(N(C)C(=O)[C@H](CCCCNC(C)=O)NC(C)O)ccc1C21OC(=O)c2ccccc21. The number of aliphatic hydroxyl groups excluding tert-OH is 2. The Kier molecular flexibility index (Phi) is 14.5. The standard InChI is InChI=1S/C42H55N6O10P/c1-25(49)43-21-11-9-15-35(45-27(3)51)39(53)47(5)29-17-19-33-37(23-29)59(56,57)38-24-30(18-20-34(38)42(33)32-14-8-7-13-31(32)41(55)58-42)48(6)40(54)36(46-28(4)52)16-10-12-22-44-26(2)50/h7-8,13-14,17-20,23-24,27-28,35-36,45-46,51-52H,9-12,15-16,21-22H2,1-6H3,(H,43,49)(H,44,50)(H,56,57)/t27?,28?,35-,36-,42?/m0/s1. The van der Waals surface area contributed by atoms with E-state index in [1.54, 1.807) is 48.5 Å². The van der Waals surface area contributed by atoms with Gasteiger partial charge in [-0.05, 0) is 82.7 Å². The Morgan fingerprint density at radius 2 is 1.15 bits per heavy atom. The van der Waals surface area contributed by atoms with Crippen molar-refractivity contribution in [3.05, 3.63) is 82.9 Å². The first kappa shape index (κ1) is 45.1. The summed E-state index contributed by atoms with van der Waals surface area (Å²) >= 11 is 0. The molecule has 0 aromatic heterocycles. The molecule has 16 nitrogen and oxygen atoms in total. The average Bonchev–Trinajstić information content (AvgIpc) is 3.49. The number of ether oxygens (including phenoxy) is 1. The number of hydrogen-bond donors (Lipinski definition) is 7. The Hall–Kier alpha value is -4.96. The average molecular weight is 835 g/mol. The van der Waals surface area contributed by atoms with Crippen molar-refractivity contribution in [1.82, 2.24) is 21.3 Å². The molecule has 2 aliphatic heterocycles. The number of anilines is 2. The summed E-state index contributed by atoms with van der Waals surface area (Å²) in [4.78, 5) is 79.0. The summed E-state index contributed by atoms with van der Waals surface area (Å²) in [5.74, 6) is -1.78. The fourth-order valence-electron chi connectivity index (χ4n) is 7.78. The van der Waals surface area contributed by atoms with Crippen LogP contribution in [0.25, 0.3) is 0 Å². The Labute approximate surface area is 344 Å². The van der Waals surface area contributed by atoms with Crippen LogP contribution in [-0.2, 0) is 34.1 Å². The van der Waals surface area contributed by atoms with Gasteiger partial charge in [0.05, 0.1) is 28.3 Å². The third-order valence-electron chi connectivity index (χ3n) is 10.7. The number of unbranched alkanes of at least 4 members (excludes halogenated alkanes) is 2. The lowest BCUT2D eigenvalue weighted by atomic mass is 9.79.